The van der Waals surface area contributed by atoms with Crippen LogP contribution in [0.3, 0.4) is 0 Å². The molecule has 0 spiro atoms. The van der Waals surface area contributed by atoms with Crippen LogP contribution in [-0.4, -0.2) is 58.5 Å². The number of aryl methyl sites for hydroxylation is 1. The number of anilines is 1. The van der Waals surface area contributed by atoms with E-state index in [2.05, 4.69) is 5.32 Å². The lowest BCUT2D eigenvalue weighted by Gasteiger charge is -2.34. The Balaban J connectivity index is 1.81. The third kappa shape index (κ3) is 9.29. The Hall–Kier alpha value is -4.54. The standard InChI is InChI=1S/C37H42ClN3O6S/c1-5-6-21-39-37(43)33(23-28-11-8-7-9-12-28)40(25-29-13-10-14-30(38)22-29)36(42)26-41(31-17-15-27(2)16-18-31)48(44,45)32-19-20-34(46-3)35(24-32)47-4/h7-20,22,24,33H,5-6,21,23,25-26H2,1-4H3,(H,39,43). The molecular weight excluding hydrogens is 650 g/mol. The van der Waals surface area contributed by atoms with E-state index in [0.29, 0.717) is 28.6 Å². The van der Waals surface area contributed by atoms with E-state index >= 15 is 0 Å². The predicted octanol–water partition coefficient (Wildman–Crippen LogP) is 6.42. The first-order valence-corrected chi connectivity index (χ1v) is 17.6. The van der Waals surface area contributed by atoms with Crippen molar-refractivity contribution in [3.05, 3.63) is 119 Å². The number of hydrogen-bond acceptors (Lipinski definition) is 6. The van der Waals surface area contributed by atoms with Crippen molar-refractivity contribution >= 4 is 39.1 Å². The van der Waals surface area contributed by atoms with Crippen LogP contribution in [0.25, 0.3) is 0 Å². The van der Waals surface area contributed by atoms with Crippen molar-refractivity contribution in [2.75, 3.05) is 31.6 Å². The van der Waals surface area contributed by atoms with Crippen molar-refractivity contribution in [1.82, 2.24) is 10.2 Å². The topological polar surface area (TPSA) is 105 Å². The van der Waals surface area contributed by atoms with Gasteiger partial charge >= 0.3 is 0 Å². The molecule has 0 bridgehead atoms. The third-order valence-electron chi connectivity index (χ3n) is 7.89. The first kappa shape index (κ1) is 36.3. The number of halogens is 1. The van der Waals surface area contributed by atoms with Gasteiger partial charge in [0.05, 0.1) is 24.8 Å². The molecule has 0 radical (unpaired) electrons. The van der Waals surface area contributed by atoms with Gasteiger partial charge in [-0.15, -0.1) is 0 Å². The third-order valence-corrected chi connectivity index (χ3v) is 9.89. The van der Waals surface area contributed by atoms with Crippen LogP contribution in [0, 0.1) is 6.92 Å². The highest BCUT2D eigenvalue weighted by molar-refractivity contribution is 7.92. The summed E-state index contributed by atoms with van der Waals surface area (Å²) in [7, 11) is -1.45. The minimum atomic E-state index is -4.33. The number of rotatable bonds is 16. The monoisotopic (exact) mass is 691 g/mol. The summed E-state index contributed by atoms with van der Waals surface area (Å²) in [5.74, 6) is -0.304. The first-order chi connectivity index (χ1) is 23.1. The second-order valence-electron chi connectivity index (χ2n) is 11.4. The summed E-state index contributed by atoms with van der Waals surface area (Å²) in [4.78, 5) is 29.9. The summed E-state index contributed by atoms with van der Waals surface area (Å²) in [5.41, 5.74) is 2.76. The van der Waals surface area contributed by atoms with Crippen LogP contribution in [0.5, 0.6) is 11.5 Å². The second-order valence-corrected chi connectivity index (χ2v) is 13.7. The fourth-order valence-corrected chi connectivity index (χ4v) is 6.88. The van der Waals surface area contributed by atoms with Gasteiger partial charge in [-0.2, -0.15) is 0 Å². The van der Waals surface area contributed by atoms with Gasteiger partial charge in [0.1, 0.15) is 12.6 Å². The van der Waals surface area contributed by atoms with Gasteiger partial charge in [0, 0.05) is 30.6 Å². The van der Waals surface area contributed by atoms with Crippen molar-refractivity contribution in [2.45, 2.75) is 50.6 Å². The van der Waals surface area contributed by atoms with Gasteiger partial charge in [-0.3, -0.25) is 13.9 Å². The molecule has 0 heterocycles. The van der Waals surface area contributed by atoms with E-state index in [1.807, 2.05) is 50.2 Å². The Kier molecular flexibility index (Phi) is 12.9. The van der Waals surface area contributed by atoms with E-state index in [-0.39, 0.29) is 29.5 Å². The van der Waals surface area contributed by atoms with Crippen molar-refractivity contribution in [1.29, 1.82) is 0 Å². The normalized spacial score (nSPS) is 11.8. The summed E-state index contributed by atoms with van der Waals surface area (Å²) in [6, 6.07) is 26.7. The molecule has 0 saturated carbocycles. The molecule has 0 saturated heterocycles. The fourth-order valence-electron chi connectivity index (χ4n) is 5.24. The maximum absolute atomic E-state index is 14.6. The first-order valence-electron chi connectivity index (χ1n) is 15.7. The van der Waals surface area contributed by atoms with Gasteiger partial charge in [-0.25, -0.2) is 8.42 Å². The molecule has 0 aromatic heterocycles. The van der Waals surface area contributed by atoms with E-state index in [1.54, 1.807) is 42.5 Å². The van der Waals surface area contributed by atoms with Crippen LogP contribution in [0.2, 0.25) is 5.02 Å². The van der Waals surface area contributed by atoms with E-state index < -0.39 is 28.5 Å². The number of sulfonamides is 1. The minimum Gasteiger partial charge on any atom is -0.493 e. The number of nitrogens with one attached hydrogen (secondary N) is 1. The summed E-state index contributed by atoms with van der Waals surface area (Å²) in [6.45, 7) is 3.81. The molecule has 4 aromatic rings. The summed E-state index contributed by atoms with van der Waals surface area (Å²) >= 11 is 6.33. The number of nitrogens with zero attached hydrogens (tertiary/aromatic N) is 2. The van der Waals surface area contributed by atoms with Crippen molar-refractivity contribution in [3.63, 3.8) is 0 Å². The van der Waals surface area contributed by atoms with Crippen LogP contribution >= 0.6 is 11.6 Å². The Morgan fingerprint density at radius 3 is 2.19 bits per heavy atom. The number of carbonyl (C=O) groups excluding carboxylic acids is 2. The zero-order valence-electron chi connectivity index (χ0n) is 27.7. The zero-order valence-corrected chi connectivity index (χ0v) is 29.3. The van der Waals surface area contributed by atoms with Gasteiger partial charge in [0.2, 0.25) is 11.8 Å². The summed E-state index contributed by atoms with van der Waals surface area (Å²) in [5, 5.41) is 3.47. The highest BCUT2D eigenvalue weighted by atomic mass is 35.5. The smallest absolute Gasteiger partial charge is 0.264 e. The van der Waals surface area contributed by atoms with Gasteiger partial charge in [0.25, 0.3) is 10.0 Å². The summed E-state index contributed by atoms with van der Waals surface area (Å²) < 4.78 is 40.5. The molecule has 1 N–H and O–H groups in total. The van der Waals surface area contributed by atoms with Crippen molar-refractivity contribution in [2.24, 2.45) is 0 Å². The Morgan fingerprint density at radius 2 is 1.54 bits per heavy atom. The number of unbranched alkanes of at least 4 members (excludes halogenated alkanes) is 1. The highest BCUT2D eigenvalue weighted by Gasteiger charge is 2.35. The molecule has 48 heavy (non-hydrogen) atoms. The van der Waals surface area contributed by atoms with E-state index in [4.69, 9.17) is 21.1 Å². The Bertz CT molecular complexity index is 1780. The lowest BCUT2D eigenvalue weighted by Crippen LogP contribution is -2.53. The lowest BCUT2D eigenvalue weighted by molar-refractivity contribution is -0.140. The largest absolute Gasteiger partial charge is 0.493 e. The maximum Gasteiger partial charge on any atom is 0.264 e. The van der Waals surface area contributed by atoms with Crippen LogP contribution in [0.1, 0.15) is 36.5 Å². The lowest BCUT2D eigenvalue weighted by atomic mass is 10.0. The van der Waals surface area contributed by atoms with Crippen LogP contribution < -0.4 is 19.1 Å². The molecule has 9 nitrogen and oxygen atoms in total. The molecule has 0 fully saturated rings. The molecule has 1 atom stereocenters. The van der Waals surface area contributed by atoms with Crippen LogP contribution in [-0.2, 0) is 32.6 Å². The molecule has 2 amide bonds. The molecule has 0 aliphatic rings. The Morgan fingerprint density at radius 1 is 0.854 bits per heavy atom. The predicted molar refractivity (Wildman–Crippen MR) is 189 cm³/mol. The molecule has 4 aromatic carbocycles. The number of methoxy groups -OCH3 is 2. The number of benzene rings is 4. The number of ether oxygens (including phenoxy) is 2. The van der Waals surface area contributed by atoms with Crippen molar-refractivity contribution in [3.8, 4) is 11.5 Å². The average Bonchev–Trinajstić information content (AvgIpc) is 3.09. The number of amides is 2. The SMILES string of the molecule is CCCCNC(=O)C(Cc1ccccc1)N(Cc1cccc(Cl)c1)C(=O)CN(c1ccc(C)cc1)S(=O)(=O)c1ccc(OC)c(OC)c1. The van der Waals surface area contributed by atoms with Gasteiger partial charge < -0.3 is 19.7 Å². The maximum atomic E-state index is 14.6. The molecule has 0 aliphatic carbocycles. The average molecular weight is 692 g/mol. The number of carbonyl (C=O) groups is 2. The minimum absolute atomic E-state index is 0.0240. The van der Waals surface area contributed by atoms with E-state index in [1.165, 1.54) is 37.3 Å². The van der Waals surface area contributed by atoms with E-state index in [0.717, 1.165) is 28.3 Å². The Labute approximate surface area is 288 Å². The molecule has 11 heteroatoms. The van der Waals surface area contributed by atoms with Gasteiger partial charge in [-0.05, 0) is 60.9 Å². The zero-order chi connectivity index (χ0) is 34.7. The summed E-state index contributed by atoms with van der Waals surface area (Å²) in [6.07, 6.45) is 1.88. The number of hydrogen-bond donors (Lipinski definition) is 1. The highest BCUT2D eigenvalue weighted by Crippen LogP contribution is 2.32. The molecule has 1 unspecified atom stereocenters. The fraction of sp³-hybridized carbons (Fsp3) is 0.297. The molecule has 4 rings (SSSR count). The van der Waals surface area contributed by atoms with Crippen molar-refractivity contribution < 1.29 is 27.5 Å². The van der Waals surface area contributed by atoms with Gasteiger partial charge in [0.15, 0.2) is 11.5 Å². The van der Waals surface area contributed by atoms with E-state index in [9.17, 15) is 18.0 Å². The molecule has 254 valence electrons. The molecular formula is C37H42ClN3O6S. The van der Waals surface area contributed by atoms with Crippen LogP contribution in [0.4, 0.5) is 5.69 Å². The quantitative estimate of drug-likeness (QED) is 0.136. The molecule has 0 aliphatic heterocycles. The van der Waals surface area contributed by atoms with Crippen LogP contribution in [0.15, 0.2) is 102 Å². The second kappa shape index (κ2) is 17.0. The van der Waals surface area contributed by atoms with Gasteiger partial charge in [-0.1, -0.05) is 85.1 Å².